The Balaban J connectivity index is 0.00000176. The number of hydrogen-bond acceptors (Lipinski definition) is 4. The van der Waals surface area contributed by atoms with Gasteiger partial charge < -0.3 is 47.8 Å². The second-order valence-electron chi connectivity index (χ2n) is 5.85. The van der Waals surface area contributed by atoms with E-state index in [1.165, 1.54) is 5.56 Å². The maximum Gasteiger partial charge on any atom is 0.231 e. The number of ether oxygens (including phenoxy) is 3. The van der Waals surface area contributed by atoms with Gasteiger partial charge in [-0.2, -0.15) is 0 Å². The molecule has 1 unspecified atom stereocenters. The molecule has 0 aromatic heterocycles. The summed E-state index contributed by atoms with van der Waals surface area (Å²) in [5.41, 5.74) is 2.24. The summed E-state index contributed by atoms with van der Waals surface area (Å²) < 4.78 is 17.4. The summed E-state index contributed by atoms with van der Waals surface area (Å²) in [5, 5.41) is 9.04. The van der Waals surface area contributed by atoms with Crippen LogP contribution in [0, 0.1) is 11.8 Å². The van der Waals surface area contributed by atoms with Crippen molar-refractivity contribution < 1.29 is 47.8 Å². The van der Waals surface area contributed by atoms with Crippen LogP contribution >= 0.6 is 0 Å². The Hall–Kier alpha value is -1.17. The molecule has 0 aliphatic carbocycles. The van der Waals surface area contributed by atoms with Gasteiger partial charge in [0.05, 0.1) is 33.3 Å². The van der Waals surface area contributed by atoms with Crippen molar-refractivity contribution in [3.8, 4) is 29.1 Å². The van der Waals surface area contributed by atoms with Crippen molar-refractivity contribution in [2.75, 3.05) is 41.1 Å². The summed E-state index contributed by atoms with van der Waals surface area (Å²) in [6.45, 7) is 1.05. The summed E-state index contributed by atoms with van der Waals surface area (Å²) >= 11 is 0. The number of likely N-dealkylation sites (N-methyl/N-ethyl adjacent to an activating group) is 1. The van der Waals surface area contributed by atoms with Gasteiger partial charge in [-0.25, -0.2) is 0 Å². The zero-order valence-electron chi connectivity index (χ0n) is 13.0. The highest BCUT2D eigenvalue weighted by molar-refractivity contribution is 5.62. The number of halogens is 1. The van der Waals surface area contributed by atoms with Crippen LogP contribution in [0.15, 0.2) is 6.07 Å². The van der Waals surface area contributed by atoms with Crippen molar-refractivity contribution in [2.45, 2.75) is 12.5 Å². The van der Waals surface area contributed by atoms with E-state index in [0.29, 0.717) is 11.5 Å². The Labute approximate surface area is 147 Å². The molecule has 1 N–H and O–H groups in total. The summed E-state index contributed by atoms with van der Waals surface area (Å²) in [6, 6.07) is 1.98. The van der Waals surface area contributed by atoms with E-state index in [0.717, 1.165) is 28.8 Å². The van der Waals surface area contributed by atoms with Gasteiger partial charge in [-0.05, 0) is 17.6 Å². The molecule has 22 heavy (non-hydrogen) atoms. The molecule has 2 aliphatic heterocycles. The van der Waals surface area contributed by atoms with Gasteiger partial charge in [-0.1, -0.05) is 5.92 Å². The number of methoxy groups -OCH3 is 1. The van der Waals surface area contributed by atoms with Crippen LogP contribution in [-0.4, -0.2) is 50.7 Å². The third kappa shape index (κ3) is 2.73. The van der Waals surface area contributed by atoms with Crippen LogP contribution in [0.3, 0.4) is 0 Å². The van der Waals surface area contributed by atoms with Crippen molar-refractivity contribution in [2.24, 2.45) is 0 Å². The van der Waals surface area contributed by atoms with Gasteiger partial charge in [0.1, 0.15) is 6.61 Å². The number of benzene rings is 1. The topological polar surface area (TPSA) is 47.9 Å². The molecule has 5 nitrogen and oxygen atoms in total. The molecule has 3 rings (SSSR count). The van der Waals surface area contributed by atoms with E-state index in [2.05, 4.69) is 25.9 Å². The van der Waals surface area contributed by atoms with E-state index >= 15 is 0 Å². The molecule has 2 aliphatic rings. The van der Waals surface area contributed by atoms with E-state index < -0.39 is 0 Å². The van der Waals surface area contributed by atoms with Crippen LogP contribution in [0.2, 0.25) is 0 Å². The van der Waals surface area contributed by atoms with E-state index in [4.69, 9.17) is 19.3 Å². The molecule has 0 fully saturated rings. The Kier molecular flexibility index (Phi) is 5.10. The number of nitrogens with zero attached hydrogens (tertiary/aromatic N) is 1. The Morgan fingerprint density at radius 2 is 2.18 bits per heavy atom. The predicted molar refractivity (Wildman–Crippen MR) is 77.4 cm³/mol. The molecule has 1 aromatic rings. The maximum atomic E-state index is 9.04. The Bertz CT molecular complexity index is 633. The molecular weight excluding hydrogens is 397 g/mol. The van der Waals surface area contributed by atoms with Crippen molar-refractivity contribution in [3.05, 3.63) is 17.2 Å². The Morgan fingerprint density at radius 1 is 1.41 bits per heavy atom. The molecule has 2 heterocycles. The van der Waals surface area contributed by atoms with Crippen LogP contribution in [0.1, 0.15) is 17.2 Å². The molecule has 6 heteroatoms. The minimum atomic E-state index is -0.140. The lowest BCUT2D eigenvalue weighted by atomic mass is 9.89. The molecule has 0 spiro atoms. The lowest BCUT2D eigenvalue weighted by molar-refractivity contribution is -0.914. The van der Waals surface area contributed by atoms with Crippen LogP contribution < -0.4 is 38.2 Å². The SMILES string of the molecule is COc1c2c(cc3c1C(C#CCO)[N+](C)(C)CC3)OCO2.[I-]. The van der Waals surface area contributed by atoms with Crippen LogP contribution in [0.5, 0.6) is 17.2 Å². The minimum Gasteiger partial charge on any atom is -1.00 e. The van der Waals surface area contributed by atoms with Gasteiger partial charge in [0.25, 0.3) is 0 Å². The third-order valence-corrected chi connectivity index (χ3v) is 4.20. The molecule has 0 amide bonds. The summed E-state index contributed by atoms with van der Waals surface area (Å²) in [6.07, 6.45) is 0.937. The highest BCUT2D eigenvalue weighted by atomic mass is 127. The summed E-state index contributed by atoms with van der Waals surface area (Å²) in [7, 11) is 5.93. The molecule has 120 valence electrons. The largest absolute Gasteiger partial charge is 1.00 e. The van der Waals surface area contributed by atoms with Gasteiger partial charge in [0.2, 0.25) is 12.5 Å². The number of rotatable bonds is 1. The normalized spacial score (nSPS) is 20.3. The average Bonchev–Trinajstić information content (AvgIpc) is 2.92. The first kappa shape index (κ1) is 17.2. The van der Waals surface area contributed by atoms with Gasteiger partial charge >= 0.3 is 0 Å². The van der Waals surface area contributed by atoms with Gasteiger partial charge in [-0.15, -0.1) is 0 Å². The Morgan fingerprint density at radius 3 is 2.86 bits per heavy atom. The molecule has 1 atom stereocenters. The van der Waals surface area contributed by atoms with E-state index in [-0.39, 0.29) is 43.4 Å². The summed E-state index contributed by atoms with van der Waals surface area (Å²) in [4.78, 5) is 0. The standard InChI is InChI=1S/C16H20NO4.HI/c1-17(2)7-6-11-9-13-15(21-10-20-13)16(19-3)14(11)12(17)5-4-8-18;/h9,12,18H,6-8,10H2,1-3H3;1H/q+1;/p-1. The molecule has 0 bridgehead atoms. The smallest absolute Gasteiger partial charge is 0.231 e. The van der Waals surface area contributed by atoms with Crippen molar-refractivity contribution in [1.82, 2.24) is 0 Å². The van der Waals surface area contributed by atoms with Crippen LogP contribution in [0.25, 0.3) is 0 Å². The molecular formula is C16H20INO4. The third-order valence-electron chi connectivity index (χ3n) is 4.20. The maximum absolute atomic E-state index is 9.04. The zero-order valence-corrected chi connectivity index (χ0v) is 15.1. The first-order chi connectivity index (χ1) is 10.1. The first-order valence-electron chi connectivity index (χ1n) is 6.99. The van der Waals surface area contributed by atoms with Crippen molar-refractivity contribution in [1.29, 1.82) is 0 Å². The number of fused-ring (bicyclic) bond motifs is 2. The lowest BCUT2D eigenvalue weighted by Crippen LogP contribution is -3.00. The second-order valence-corrected chi connectivity index (χ2v) is 5.85. The van der Waals surface area contributed by atoms with Crippen molar-refractivity contribution >= 4 is 0 Å². The fraction of sp³-hybridized carbons (Fsp3) is 0.500. The molecule has 0 radical (unpaired) electrons. The fourth-order valence-corrected chi connectivity index (χ4v) is 3.06. The van der Waals surface area contributed by atoms with Gasteiger partial charge in [0, 0.05) is 6.42 Å². The number of hydrogen-bond donors (Lipinski definition) is 1. The number of quaternary nitrogens is 1. The van der Waals surface area contributed by atoms with Crippen LogP contribution in [0.4, 0.5) is 0 Å². The first-order valence-corrected chi connectivity index (χ1v) is 6.99. The highest BCUT2D eigenvalue weighted by Crippen LogP contribution is 2.50. The van der Waals surface area contributed by atoms with E-state index in [9.17, 15) is 0 Å². The monoisotopic (exact) mass is 417 g/mol. The molecule has 0 saturated carbocycles. The molecule has 1 aromatic carbocycles. The molecule has 0 saturated heterocycles. The second kappa shape index (κ2) is 6.52. The summed E-state index contributed by atoms with van der Waals surface area (Å²) in [5.74, 6) is 8.09. The van der Waals surface area contributed by atoms with E-state index in [1.54, 1.807) is 7.11 Å². The quantitative estimate of drug-likeness (QED) is 0.330. The highest BCUT2D eigenvalue weighted by Gasteiger charge is 2.40. The van der Waals surface area contributed by atoms with Gasteiger partial charge in [-0.3, -0.25) is 0 Å². The van der Waals surface area contributed by atoms with Crippen molar-refractivity contribution in [3.63, 3.8) is 0 Å². The van der Waals surface area contributed by atoms with Gasteiger partial charge in [0.15, 0.2) is 17.5 Å². The number of aliphatic hydroxyl groups excluding tert-OH is 1. The average molecular weight is 417 g/mol. The lowest BCUT2D eigenvalue weighted by Gasteiger charge is -2.40. The zero-order chi connectivity index (χ0) is 15.0. The predicted octanol–water partition coefficient (Wildman–Crippen LogP) is -1.90. The van der Waals surface area contributed by atoms with E-state index in [1.807, 2.05) is 6.07 Å². The fourth-order valence-electron chi connectivity index (χ4n) is 3.06. The number of aliphatic hydroxyl groups is 1. The van der Waals surface area contributed by atoms with Crippen LogP contribution in [-0.2, 0) is 6.42 Å². The minimum absolute atomic E-state index is 0.